The van der Waals surface area contributed by atoms with E-state index in [2.05, 4.69) is 10.4 Å². The van der Waals surface area contributed by atoms with E-state index in [-0.39, 0.29) is 36.3 Å². The number of hydrogen-bond acceptors (Lipinski definition) is 5. The summed E-state index contributed by atoms with van der Waals surface area (Å²) in [7, 11) is -3.50. The minimum Gasteiger partial charge on any atom is -0.324 e. The fourth-order valence-corrected chi connectivity index (χ4v) is 5.65. The summed E-state index contributed by atoms with van der Waals surface area (Å²) in [6.45, 7) is -0.626. The standard InChI is InChI=1S/C25H27F4N3O3S/c1-36(34,35)20-13-9-17(10-14-20)23-22(16-7-11-18(26)12-8-16)24(25(27,28)29)32(31-23)15-21(33)30-19-5-3-2-4-6-19/h2-6,9-10,13-14,16,18,22,24H,7-8,11-12,15H2,1H3,(H,30,33). The number of nitrogens with zero attached hydrogens (tertiary/aromatic N) is 2. The molecule has 2 atom stereocenters. The largest absolute Gasteiger partial charge is 0.411 e. The quantitative estimate of drug-likeness (QED) is 0.549. The van der Waals surface area contributed by atoms with Crippen LogP contribution < -0.4 is 5.32 Å². The highest BCUT2D eigenvalue weighted by molar-refractivity contribution is 7.90. The van der Waals surface area contributed by atoms with E-state index in [0.717, 1.165) is 11.3 Å². The van der Waals surface area contributed by atoms with Crippen molar-refractivity contribution in [2.75, 3.05) is 18.1 Å². The lowest BCUT2D eigenvalue weighted by atomic mass is 9.73. The first kappa shape index (κ1) is 26.1. The van der Waals surface area contributed by atoms with E-state index in [1.54, 1.807) is 30.3 Å². The monoisotopic (exact) mass is 525 g/mol. The number of benzene rings is 2. The summed E-state index contributed by atoms with van der Waals surface area (Å²) in [5.41, 5.74) is 0.922. The van der Waals surface area contributed by atoms with Crippen molar-refractivity contribution in [1.29, 1.82) is 0 Å². The van der Waals surface area contributed by atoms with Gasteiger partial charge in [-0.3, -0.25) is 9.80 Å². The van der Waals surface area contributed by atoms with E-state index < -0.39 is 52.5 Å². The Hall–Kier alpha value is -2.95. The van der Waals surface area contributed by atoms with Crippen LogP contribution in [0.4, 0.5) is 23.2 Å². The first-order chi connectivity index (χ1) is 16.9. The summed E-state index contributed by atoms with van der Waals surface area (Å²) < 4.78 is 81.0. The number of carbonyl (C=O) groups is 1. The van der Waals surface area contributed by atoms with Crippen LogP contribution in [0.5, 0.6) is 0 Å². The van der Waals surface area contributed by atoms with Crippen molar-refractivity contribution >= 4 is 27.1 Å². The van der Waals surface area contributed by atoms with E-state index in [9.17, 15) is 30.8 Å². The fourth-order valence-electron chi connectivity index (χ4n) is 5.02. The number of nitrogens with one attached hydrogen (secondary N) is 1. The molecule has 2 aromatic rings. The molecule has 11 heteroatoms. The van der Waals surface area contributed by atoms with Crippen LogP contribution in [-0.4, -0.2) is 56.2 Å². The molecule has 2 aromatic carbocycles. The molecule has 1 amide bonds. The Kier molecular flexibility index (Phi) is 7.40. The number of hydrazone groups is 1. The average Bonchev–Trinajstić information content (AvgIpc) is 3.19. The van der Waals surface area contributed by atoms with Gasteiger partial charge in [-0.05, 0) is 61.4 Å². The van der Waals surface area contributed by atoms with Crippen molar-refractivity contribution in [1.82, 2.24) is 5.01 Å². The molecule has 36 heavy (non-hydrogen) atoms. The van der Waals surface area contributed by atoms with Gasteiger partial charge in [0.2, 0.25) is 5.91 Å². The maximum atomic E-state index is 14.5. The second-order valence-electron chi connectivity index (χ2n) is 9.32. The highest BCUT2D eigenvalue weighted by atomic mass is 32.2. The predicted molar refractivity (Wildman–Crippen MR) is 128 cm³/mol. The number of rotatable bonds is 6. The second-order valence-corrected chi connectivity index (χ2v) is 11.3. The summed E-state index contributed by atoms with van der Waals surface area (Å²) in [5.74, 6) is -2.26. The van der Waals surface area contributed by atoms with E-state index in [0.29, 0.717) is 11.3 Å². The zero-order chi connectivity index (χ0) is 26.1. The van der Waals surface area contributed by atoms with E-state index in [4.69, 9.17) is 0 Å². The summed E-state index contributed by atoms with van der Waals surface area (Å²) >= 11 is 0. The minimum absolute atomic E-state index is 0.0331. The van der Waals surface area contributed by atoms with Gasteiger partial charge in [0.1, 0.15) is 12.7 Å². The van der Waals surface area contributed by atoms with E-state index >= 15 is 0 Å². The van der Waals surface area contributed by atoms with Gasteiger partial charge in [-0.25, -0.2) is 12.8 Å². The lowest BCUT2D eigenvalue weighted by Gasteiger charge is -2.36. The normalized spacial score (nSPS) is 24.9. The summed E-state index contributed by atoms with van der Waals surface area (Å²) in [6, 6.07) is 11.8. The Morgan fingerprint density at radius 3 is 2.19 bits per heavy atom. The zero-order valence-corrected chi connectivity index (χ0v) is 20.4. The van der Waals surface area contributed by atoms with Crippen LogP contribution in [-0.2, 0) is 14.6 Å². The summed E-state index contributed by atoms with van der Waals surface area (Å²) in [5, 5.41) is 7.64. The third-order valence-electron chi connectivity index (χ3n) is 6.70. The zero-order valence-electron chi connectivity index (χ0n) is 19.6. The molecule has 6 nitrogen and oxygen atoms in total. The number of para-hydroxylation sites is 1. The first-order valence-corrected chi connectivity index (χ1v) is 13.5. The molecule has 0 radical (unpaired) electrons. The van der Waals surface area contributed by atoms with Crippen molar-refractivity contribution in [3.05, 3.63) is 60.2 Å². The van der Waals surface area contributed by atoms with Gasteiger partial charge in [0.15, 0.2) is 15.9 Å². The molecular formula is C25H27F4N3O3S. The molecule has 0 bridgehead atoms. The number of sulfone groups is 1. The number of hydrogen-bond donors (Lipinski definition) is 1. The number of alkyl halides is 4. The predicted octanol–water partition coefficient (Wildman–Crippen LogP) is 4.82. The molecule has 0 saturated heterocycles. The Morgan fingerprint density at radius 2 is 1.64 bits per heavy atom. The lowest BCUT2D eigenvalue weighted by molar-refractivity contribution is -0.191. The van der Waals surface area contributed by atoms with Crippen LogP contribution in [0.2, 0.25) is 0 Å². The molecule has 2 aliphatic rings. The topological polar surface area (TPSA) is 78.8 Å². The molecule has 1 aliphatic carbocycles. The molecular weight excluding hydrogens is 498 g/mol. The number of carbonyl (C=O) groups excluding carboxylic acids is 1. The van der Waals surface area contributed by atoms with Gasteiger partial charge in [-0.2, -0.15) is 18.3 Å². The summed E-state index contributed by atoms with van der Waals surface area (Å²) in [4.78, 5) is 12.7. The van der Waals surface area contributed by atoms with Crippen LogP contribution >= 0.6 is 0 Å². The van der Waals surface area contributed by atoms with Gasteiger partial charge in [-0.15, -0.1) is 0 Å². The third kappa shape index (κ3) is 5.88. The van der Waals surface area contributed by atoms with E-state index in [1.165, 1.54) is 24.3 Å². The Morgan fingerprint density at radius 1 is 1.03 bits per heavy atom. The van der Waals surface area contributed by atoms with Crippen molar-refractivity contribution < 1.29 is 30.8 Å². The first-order valence-electron chi connectivity index (χ1n) is 11.6. The van der Waals surface area contributed by atoms with Gasteiger partial charge >= 0.3 is 6.18 Å². The highest BCUT2D eigenvalue weighted by Gasteiger charge is 2.56. The SMILES string of the molecule is CS(=O)(=O)c1ccc(C2=NN(CC(=O)Nc3ccccc3)C(C(F)(F)F)C2C2CCC(F)CC2)cc1. The van der Waals surface area contributed by atoms with Gasteiger partial charge in [0.25, 0.3) is 0 Å². The molecule has 0 aromatic heterocycles. The number of halogens is 4. The minimum atomic E-state index is -4.71. The van der Waals surface area contributed by atoms with Crippen molar-refractivity contribution in [2.45, 2.75) is 49.0 Å². The molecule has 1 saturated carbocycles. The lowest BCUT2D eigenvalue weighted by Crippen LogP contribution is -2.50. The molecule has 194 valence electrons. The summed E-state index contributed by atoms with van der Waals surface area (Å²) in [6.07, 6.45) is -3.84. The third-order valence-corrected chi connectivity index (χ3v) is 7.83. The van der Waals surface area contributed by atoms with Crippen molar-refractivity contribution in [3.8, 4) is 0 Å². The molecule has 1 aliphatic heterocycles. The number of amides is 1. The van der Waals surface area contributed by atoms with Gasteiger partial charge in [0, 0.05) is 17.9 Å². The van der Waals surface area contributed by atoms with Crippen LogP contribution in [0.25, 0.3) is 0 Å². The number of anilines is 1. The van der Waals surface area contributed by atoms with Gasteiger partial charge < -0.3 is 5.32 Å². The molecule has 1 heterocycles. The Labute approximate surface area is 207 Å². The molecule has 4 rings (SSSR count). The van der Waals surface area contributed by atoms with Crippen molar-refractivity contribution in [2.24, 2.45) is 16.9 Å². The Bertz CT molecular complexity index is 1210. The smallest absolute Gasteiger partial charge is 0.324 e. The van der Waals surface area contributed by atoms with Gasteiger partial charge in [-0.1, -0.05) is 30.3 Å². The maximum absolute atomic E-state index is 14.5. The van der Waals surface area contributed by atoms with Crippen LogP contribution in [0.3, 0.4) is 0 Å². The maximum Gasteiger partial charge on any atom is 0.411 e. The molecule has 2 unspecified atom stereocenters. The van der Waals surface area contributed by atoms with Crippen LogP contribution in [0, 0.1) is 11.8 Å². The van der Waals surface area contributed by atoms with Crippen molar-refractivity contribution in [3.63, 3.8) is 0 Å². The van der Waals surface area contributed by atoms with E-state index in [1.807, 2.05) is 0 Å². The molecule has 0 spiro atoms. The average molecular weight is 526 g/mol. The Balaban J connectivity index is 1.69. The molecule has 1 N–H and O–H groups in total. The van der Waals surface area contributed by atoms with Gasteiger partial charge in [0.05, 0.1) is 10.6 Å². The molecule has 1 fully saturated rings. The van der Waals surface area contributed by atoms with Crippen LogP contribution in [0.1, 0.15) is 31.2 Å². The highest BCUT2D eigenvalue weighted by Crippen LogP contribution is 2.45. The second kappa shape index (κ2) is 10.2. The fraction of sp³-hybridized carbons (Fsp3) is 0.440. The van der Waals surface area contributed by atoms with Crippen LogP contribution in [0.15, 0.2) is 64.6 Å².